The molecule has 0 unspecified atom stereocenters. The lowest BCUT2D eigenvalue weighted by Crippen LogP contribution is -2.47. The Balaban J connectivity index is 2.62. The minimum Gasteiger partial charge on any atom is -0.480 e. The van der Waals surface area contributed by atoms with E-state index in [4.69, 9.17) is 5.11 Å². The van der Waals surface area contributed by atoms with E-state index in [1.165, 1.54) is 11.9 Å². The van der Waals surface area contributed by atoms with Gasteiger partial charge in [0.1, 0.15) is 11.9 Å². The Hall–Kier alpha value is -2.58. The summed E-state index contributed by atoms with van der Waals surface area (Å²) in [5.74, 6) is -1.37. The van der Waals surface area contributed by atoms with Crippen molar-refractivity contribution in [3.8, 4) is 0 Å². The molecule has 0 saturated heterocycles. The fourth-order valence-electron chi connectivity index (χ4n) is 1.54. The number of hydrogen-bond acceptors (Lipinski definition) is 5. The van der Waals surface area contributed by atoms with Gasteiger partial charge in [0.2, 0.25) is 0 Å². The number of carboxylic acids is 1. The summed E-state index contributed by atoms with van der Waals surface area (Å²) in [6.45, 7) is 0.208. The lowest BCUT2D eigenvalue weighted by molar-refractivity contribution is -0.147. The van der Waals surface area contributed by atoms with Crippen LogP contribution in [0.15, 0.2) is 12.4 Å². The summed E-state index contributed by atoms with van der Waals surface area (Å²) in [7, 11) is 4.43. The number of esters is 1. The number of aryl methyl sites for hydroxylation is 1. The Morgan fingerprint density at radius 1 is 1.52 bits per heavy atom. The Kier molecular flexibility index (Phi) is 5.70. The van der Waals surface area contributed by atoms with Crippen molar-refractivity contribution in [2.24, 2.45) is 7.05 Å². The van der Waals surface area contributed by atoms with Crippen LogP contribution in [0.4, 0.5) is 4.79 Å². The Bertz CT molecular complexity index is 527. The van der Waals surface area contributed by atoms with Crippen LogP contribution in [0.1, 0.15) is 12.2 Å². The number of urea groups is 1. The lowest BCUT2D eigenvalue weighted by atomic mass is 10.2. The summed E-state index contributed by atoms with van der Waals surface area (Å²) < 4.78 is 6.14. The van der Waals surface area contributed by atoms with Crippen LogP contribution in [-0.4, -0.2) is 57.7 Å². The van der Waals surface area contributed by atoms with Gasteiger partial charge in [-0.1, -0.05) is 0 Å². The fourth-order valence-corrected chi connectivity index (χ4v) is 1.54. The van der Waals surface area contributed by atoms with Crippen molar-refractivity contribution in [3.63, 3.8) is 0 Å². The molecule has 9 nitrogen and oxygen atoms in total. The highest BCUT2D eigenvalue weighted by Gasteiger charge is 2.25. The molecule has 0 bridgehead atoms. The summed E-state index contributed by atoms with van der Waals surface area (Å²) >= 11 is 0. The molecule has 2 N–H and O–H groups in total. The predicted octanol–water partition coefficient (Wildman–Crippen LogP) is -0.422. The SMILES string of the molecule is COC(=O)C[C@H](NC(=O)N(C)Cc1nccn1C)C(=O)O. The van der Waals surface area contributed by atoms with E-state index >= 15 is 0 Å². The molecule has 0 aliphatic rings. The zero-order chi connectivity index (χ0) is 16.0. The van der Waals surface area contributed by atoms with Crippen molar-refractivity contribution in [1.29, 1.82) is 0 Å². The summed E-state index contributed by atoms with van der Waals surface area (Å²) in [6.07, 6.45) is 2.89. The molecule has 116 valence electrons. The molecule has 0 aliphatic heterocycles. The second-order valence-electron chi connectivity index (χ2n) is 4.43. The number of carboxylic acid groups (broad SMARTS) is 1. The molecule has 2 amide bonds. The topological polar surface area (TPSA) is 114 Å². The maximum absolute atomic E-state index is 11.9. The quantitative estimate of drug-likeness (QED) is 0.689. The van der Waals surface area contributed by atoms with Crippen LogP contribution in [0, 0.1) is 0 Å². The van der Waals surface area contributed by atoms with Gasteiger partial charge in [-0.2, -0.15) is 0 Å². The summed E-state index contributed by atoms with van der Waals surface area (Å²) in [5, 5.41) is 11.3. The first-order valence-corrected chi connectivity index (χ1v) is 6.12. The highest BCUT2D eigenvalue weighted by atomic mass is 16.5. The number of nitrogens with one attached hydrogen (secondary N) is 1. The van der Waals surface area contributed by atoms with Crippen LogP contribution in [0.25, 0.3) is 0 Å². The van der Waals surface area contributed by atoms with E-state index in [0.29, 0.717) is 5.82 Å². The number of aromatic nitrogens is 2. The normalized spacial score (nSPS) is 11.6. The first kappa shape index (κ1) is 16.5. The third-order valence-corrected chi connectivity index (χ3v) is 2.84. The smallest absolute Gasteiger partial charge is 0.326 e. The molecule has 0 radical (unpaired) electrons. The van der Waals surface area contributed by atoms with Crippen molar-refractivity contribution in [1.82, 2.24) is 19.8 Å². The molecule has 1 aromatic rings. The molecule has 1 rings (SSSR count). The van der Waals surface area contributed by atoms with E-state index in [0.717, 1.165) is 7.11 Å². The fraction of sp³-hybridized carbons (Fsp3) is 0.500. The van der Waals surface area contributed by atoms with Gasteiger partial charge in [0.05, 0.1) is 20.1 Å². The van der Waals surface area contributed by atoms with Gasteiger partial charge in [-0.15, -0.1) is 0 Å². The van der Waals surface area contributed by atoms with Gasteiger partial charge in [0.25, 0.3) is 0 Å². The van der Waals surface area contributed by atoms with E-state index in [-0.39, 0.29) is 6.54 Å². The van der Waals surface area contributed by atoms with Crippen LogP contribution in [0.2, 0.25) is 0 Å². The lowest BCUT2D eigenvalue weighted by Gasteiger charge is -2.20. The standard InChI is InChI=1S/C12H18N4O5/c1-15-5-4-13-9(15)7-16(2)12(20)14-8(11(18)19)6-10(17)21-3/h4-5,8H,6-7H2,1-3H3,(H,14,20)(H,18,19)/t8-/m0/s1. The molecule has 1 aromatic heterocycles. The van der Waals surface area contributed by atoms with Gasteiger partial charge in [0.15, 0.2) is 0 Å². The second kappa shape index (κ2) is 7.27. The highest BCUT2D eigenvalue weighted by molar-refractivity contribution is 5.86. The average Bonchev–Trinajstić information content (AvgIpc) is 2.82. The molecule has 9 heteroatoms. The second-order valence-corrected chi connectivity index (χ2v) is 4.43. The Morgan fingerprint density at radius 3 is 2.67 bits per heavy atom. The summed E-state index contributed by atoms with van der Waals surface area (Å²) in [6, 6.07) is -1.96. The minimum absolute atomic E-state index is 0.208. The third-order valence-electron chi connectivity index (χ3n) is 2.84. The molecule has 0 aliphatic carbocycles. The predicted molar refractivity (Wildman–Crippen MR) is 71.3 cm³/mol. The number of carbonyl (C=O) groups excluding carboxylic acids is 2. The number of imidazole rings is 1. The van der Waals surface area contributed by atoms with Gasteiger partial charge in [-0.25, -0.2) is 14.6 Å². The molecule has 0 aromatic carbocycles. The molecule has 0 fully saturated rings. The number of amides is 2. The van der Waals surface area contributed by atoms with Gasteiger partial charge in [0, 0.05) is 26.5 Å². The molecule has 21 heavy (non-hydrogen) atoms. The number of rotatable bonds is 6. The minimum atomic E-state index is -1.34. The number of aliphatic carboxylic acids is 1. The number of ether oxygens (including phenoxy) is 1. The first-order chi connectivity index (χ1) is 9.85. The van der Waals surface area contributed by atoms with E-state index < -0.39 is 30.4 Å². The van der Waals surface area contributed by atoms with Crippen LogP contribution in [0.3, 0.4) is 0 Å². The van der Waals surface area contributed by atoms with E-state index in [1.54, 1.807) is 24.0 Å². The molecular formula is C12H18N4O5. The van der Waals surface area contributed by atoms with Gasteiger partial charge in [-0.05, 0) is 0 Å². The largest absolute Gasteiger partial charge is 0.480 e. The maximum atomic E-state index is 11.9. The zero-order valence-electron chi connectivity index (χ0n) is 12.1. The van der Waals surface area contributed by atoms with Crippen molar-refractivity contribution in [2.75, 3.05) is 14.2 Å². The van der Waals surface area contributed by atoms with Crippen LogP contribution in [0.5, 0.6) is 0 Å². The van der Waals surface area contributed by atoms with Gasteiger partial charge >= 0.3 is 18.0 Å². The maximum Gasteiger partial charge on any atom is 0.326 e. The third kappa shape index (κ3) is 4.79. The van der Waals surface area contributed by atoms with Crippen molar-refractivity contribution in [2.45, 2.75) is 19.0 Å². The first-order valence-electron chi connectivity index (χ1n) is 6.12. The number of hydrogen-bond donors (Lipinski definition) is 2. The zero-order valence-corrected chi connectivity index (χ0v) is 12.1. The van der Waals surface area contributed by atoms with Crippen molar-refractivity contribution < 1.29 is 24.2 Å². The molecule has 1 heterocycles. The Labute approximate surface area is 121 Å². The molecular weight excluding hydrogens is 280 g/mol. The van der Waals surface area contributed by atoms with Crippen LogP contribution >= 0.6 is 0 Å². The van der Waals surface area contributed by atoms with Gasteiger partial charge < -0.3 is 24.6 Å². The van der Waals surface area contributed by atoms with Gasteiger partial charge in [-0.3, -0.25) is 4.79 Å². The van der Waals surface area contributed by atoms with Crippen LogP contribution in [-0.2, 0) is 27.9 Å². The van der Waals surface area contributed by atoms with E-state index in [2.05, 4.69) is 15.0 Å². The van der Waals surface area contributed by atoms with E-state index in [9.17, 15) is 14.4 Å². The molecule has 0 spiro atoms. The van der Waals surface area contributed by atoms with Crippen molar-refractivity contribution in [3.05, 3.63) is 18.2 Å². The highest BCUT2D eigenvalue weighted by Crippen LogP contribution is 2.02. The number of carbonyl (C=O) groups is 3. The number of nitrogens with zero attached hydrogens (tertiary/aromatic N) is 3. The van der Waals surface area contributed by atoms with Crippen molar-refractivity contribution >= 4 is 18.0 Å². The Morgan fingerprint density at radius 2 is 2.19 bits per heavy atom. The van der Waals surface area contributed by atoms with Crippen LogP contribution < -0.4 is 5.32 Å². The van der Waals surface area contributed by atoms with E-state index in [1.807, 2.05) is 0 Å². The number of methoxy groups -OCH3 is 1. The monoisotopic (exact) mass is 298 g/mol. The molecule has 0 saturated carbocycles. The molecule has 1 atom stereocenters. The summed E-state index contributed by atoms with van der Waals surface area (Å²) in [4.78, 5) is 39.4. The summed E-state index contributed by atoms with van der Waals surface area (Å²) in [5.41, 5.74) is 0. The average molecular weight is 298 g/mol.